The van der Waals surface area contributed by atoms with Crippen molar-refractivity contribution in [2.45, 2.75) is 0 Å². The van der Waals surface area contributed by atoms with Crippen molar-refractivity contribution < 1.29 is 5.11 Å². The summed E-state index contributed by atoms with van der Waals surface area (Å²) >= 11 is 1.66. The Balaban J connectivity index is 1.46. The molecule has 0 spiro atoms. The highest BCUT2D eigenvalue weighted by molar-refractivity contribution is 7.13. The van der Waals surface area contributed by atoms with Gasteiger partial charge in [0.15, 0.2) is 5.82 Å². The van der Waals surface area contributed by atoms with E-state index in [0.717, 1.165) is 59.3 Å². The van der Waals surface area contributed by atoms with E-state index in [4.69, 9.17) is 9.97 Å². The van der Waals surface area contributed by atoms with Crippen molar-refractivity contribution in [3.05, 3.63) is 66.0 Å². The number of phenolic OH excluding ortho intramolecular Hbond substituents is 1. The predicted molar refractivity (Wildman–Crippen MR) is 115 cm³/mol. The van der Waals surface area contributed by atoms with Gasteiger partial charge in [0.05, 0.1) is 10.4 Å². The molecule has 0 bridgehead atoms. The smallest absolute Gasteiger partial charge is 0.172 e. The molecule has 5 rings (SSSR count). The Morgan fingerprint density at radius 1 is 0.821 bits per heavy atom. The first-order chi connectivity index (χ1) is 13.8. The molecule has 0 aliphatic carbocycles. The number of phenols is 1. The van der Waals surface area contributed by atoms with Crippen molar-refractivity contribution >= 4 is 33.7 Å². The summed E-state index contributed by atoms with van der Waals surface area (Å²) in [4.78, 5) is 15.5. The highest BCUT2D eigenvalue weighted by Gasteiger charge is 2.21. The third-order valence-corrected chi connectivity index (χ3v) is 5.96. The van der Waals surface area contributed by atoms with Crippen LogP contribution >= 0.6 is 11.3 Å². The predicted octanol–water partition coefficient (Wildman–Crippen LogP) is 4.39. The molecular formula is C22H20N4OS. The minimum Gasteiger partial charge on any atom is -0.508 e. The molecule has 5 nitrogen and oxygen atoms in total. The van der Waals surface area contributed by atoms with Gasteiger partial charge < -0.3 is 14.9 Å². The van der Waals surface area contributed by atoms with Gasteiger partial charge in [0.1, 0.15) is 11.6 Å². The van der Waals surface area contributed by atoms with Gasteiger partial charge in [0.2, 0.25) is 0 Å². The van der Waals surface area contributed by atoms with Gasteiger partial charge in [0, 0.05) is 43.3 Å². The lowest BCUT2D eigenvalue weighted by Crippen LogP contribution is -2.47. The number of hydrogen-bond acceptors (Lipinski definition) is 6. The maximum atomic E-state index is 9.76. The van der Waals surface area contributed by atoms with Crippen LogP contribution in [0.5, 0.6) is 5.75 Å². The van der Waals surface area contributed by atoms with Crippen LogP contribution in [0.1, 0.15) is 0 Å². The second-order valence-electron chi connectivity index (χ2n) is 6.86. The molecule has 0 saturated carbocycles. The Labute approximate surface area is 167 Å². The Morgan fingerprint density at radius 3 is 2.43 bits per heavy atom. The lowest BCUT2D eigenvalue weighted by atomic mass is 10.2. The summed E-state index contributed by atoms with van der Waals surface area (Å²) in [6.07, 6.45) is 0. The first-order valence-corrected chi connectivity index (χ1v) is 10.3. The fourth-order valence-electron chi connectivity index (χ4n) is 3.68. The van der Waals surface area contributed by atoms with E-state index in [1.165, 1.54) is 0 Å². The second kappa shape index (κ2) is 7.13. The van der Waals surface area contributed by atoms with Gasteiger partial charge >= 0.3 is 0 Å². The third kappa shape index (κ3) is 3.16. The van der Waals surface area contributed by atoms with Crippen molar-refractivity contribution in [1.82, 2.24) is 9.97 Å². The number of piperazine rings is 1. The number of hydrogen-bond donors (Lipinski definition) is 1. The zero-order valence-corrected chi connectivity index (χ0v) is 16.1. The minimum atomic E-state index is 0.308. The molecule has 0 amide bonds. The summed E-state index contributed by atoms with van der Waals surface area (Å²) in [5.74, 6) is 2.10. The summed E-state index contributed by atoms with van der Waals surface area (Å²) in [6.45, 7) is 3.52. The van der Waals surface area contributed by atoms with Gasteiger partial charge in [-0.2, -0.15) is 0 Å². The maximum absolute atomic E-state index is 9.76. The molecule has 1 aliphatic rings. The third-order valence-electron chi connectivity index (χ3n) is 5.10. The van der Waals surface area contributed by atoms with Crippen LogP contribution in [-0.2, 0) is 0 Å². The number of aromatic hydroxyl groups is 1. The van der Waals surface area contributed by atoms with Crippen LogP contribution in [0.3, 0.4) is 0 Å². The van der Waals surface area contributed by atoms with Crippen LogP contribution in [0.15, 0.2) is 66.0 Å². The van der Waals surface area contributed by atoms with Gasteiger partial charge in [-0.15, -0.1) is 11.3 Å². The molecular weight excluding hydrogens is 368 g/mol. The quantitative estimate of drug-likeness (QED) is 0.564. The fraction of sp³-hybridized carbons (Fsp3) is 0.182. The van der Waals surface area contributed by atoms with Gasteiger partial charge in [0.25, 0.3) is 0 Å². The Morgan fingerprint density at radius 2 is 1.64 bits per heavy atom. The zero-order chi connectivity index (χ0) is 18.9. The average molecular weight is 388 g/mol. The van der Waals surface area contributed by atoms with Crippen molar-refractivity contribution in [1.29, 1.82) is 0 Å². The summed E-state index contributed by atoms with van der Waals surface area (Å²) in [5, 5.41) is 12.9. The average Bonchev–Trinajstić information content (AvgIpc) is 3.28. The lowest BCUT2D eigenvalue weighted by Gasteiger charge is -2.37. The van der Waals surface area contributed by atoms with Crippen LogP contribution in [0.4, 0.5) is 11.5 Å². The molecule has 1 saturated heterocycles. The molecule has 0 unspecified atom stereocenters. The number of nitrogens with zero attached hydrogens (tertiary/aromatic N) is 4. The van der Waals surface area contributed by atoms with E-state index in [2.05, 4.69) is 33.4 Å². The number of rotatable bonds is 3. The van der Waals surface area contributed by atoms with Crippen LogP contribution in [0, 0.1) is 0 Å². The number of anilines is 2. The van der Waals surface area contributed by atoms with Crippen molar-refractivity contribution in [3.8, 4) is 16.5 Å². The van der Waals surface area contributed by atoms with E-state index >= 15 is 0 Å². The van der Waals surface area contributed by atoms with Gasteiger partial charge in [-0.25, -0.2) is 9.97 Å². The largest absolute Gasteiger partial charge is 0.508 e. The van der Waals surface area contributed by atoms with Crippen molar-refractivity contribution in [3.63, 3.8) is 0 Å². The number of benzene rings is 2. The molecule has 28 heavy (non-hydrogen) atoms. The highest BCUT2D eigenvalue weighted by Crippen LogP contribution is 2.30. The van der Waals surface area contributed by atoms with Crippen molar-refractivity contribution in [2.75, 3.05) is 36.0 Å². The molecule has 0 radical (unpaired) electrons. The van der Waals surface area contributed by atoms with Crippen LogP contribution < -0.4 is 9.80 Å². The maximum Gasteiger partial charge on any atom is 0.172 e. The summed E-state index contributed by atoms with van der Waals surface area (Å²) in [6, 6.07) is 19.8. The van der Waals surface area contributed by atoms with Crippen LogP contribution in [0.25, 0.3) is 21.6 Å². The summed E-state index contributed by atoms with van der Waals surface area (Å²) < 4.78 is 0. The van der Waals surface area contributed by atoms with E-state index in [1.807, 2.05) is 36.4 Å². The van der Waals surface area contributed by atoms with E-state index in [-0.39, 0.29) is 0 Å². The monoisotopic (exact) mass is 388 g/mol. The molecule has 1 fully saturated rings. The molecule has 4 aromatic rings. The first kappa shape index (κ1) is 17.0. The Hall–Kier alpha value is -3.12. The number of aromatic nitrogens is 2. The molecule has 1 N–H and O–H groups in total. The molecule has 2 aromatic carbocycles. The van der Waals surface area contributed by atoms with E-state index in [0.29, 0.717) is 5.75 Å². The molecule has 3 heterocycles. The molecule has 6 heteroatoms. The fourth-order valence-corrected chi connectivity index (χ4v) is 4.34. The highest BCUT2D eigenvalue weighted by atomic mass is 32.1. The first-order valence-electron chi connectivity index (χ1n) is 9.37. The Kier molecular flexibility index (Phi) is 4.33. The van der Waals surface area contributed by atoms with Crippen molar-refractivity contribution in [2.24, 2.45) is 0 Å². The number of thiophene rings is 1. The Bertz CT molecular complexity index is 1100. The SMILES string of the molecule is Oc1cccc(N2CCN(c3nc(-c4cccs4)nc4ccccc34)CC2)c1. The van der Waals surface area contributed by atoms with Gasteiger partial charge in [-0.05, 0) is 35.7 Å². The number of fused-ring (bicyclic) bond motifs is 1. The van der Waals surface area contributed by atoms with Crippen LogP contribution in [-0.4, -0.2) is 41.3 Å². The zero-order valence-electron chi connectivity index (χ0n) is 15.3. The topological polar surface area (TPSA) is 52.5 Å². The van der Waals surface area contributed by atoms with E-state index < -0.39 is 0 Å². The van der Waals surface area contributed by atoms with E-state index in [9.17, 15) is 5.11 Å². The molecule has 0 atom stereocenters. The second-order valence-corrected chi connectivity index (χ2v) is 7.81. The summed E-state index contributed by atoms with van der Waals surface area (Å²) in [7, 11) is 0. The standard InChI is InChI=1S/C22H20N4OS/c27-17-6-3-5-16(15-17)25-10-12-26(13-11-25)22-18-7-1-2-8-19(18)23-21(24-22)20-9-4-14-28-20/h1-9,14-15,27H,10-13H2. The molecule has 2 aromatic heterocycles. The summed E-state index contributed by atoms with van der Waals surface area (Å²) in [5.41, 5.74) is 2.04. The number of para-hydroxylation sites is 1. The molecule has 1 aliphatic heterocycles. The molecule has 140 valence electrons. The van der Waals surface area contributed by atoms with Gasteiger partial charge in [-0.3, -0.25) is 0 Å². The van der Waals surface area contributed by atoms with Crippen LogP contribution in [0.2, 0.25) is 0 Å². The minimum absolute atomic E-state index is 0.308. The van der Waals surface area contributed by atoms with Gasteiger partial charge in [-0.1, -0.05) is 24.3 Å². The normalized spacial score (nSPS) is 14.6. The van der Waals surface area contributed by atoms with E-state index in [1.54, 1.807) is 17.4 Å². The lowest BCUT2D eigenvalue weighted by molar-refractivity contribution is 0.475.